The zero-order valence-electron chi connectivity index (χ0n) is 9.88. The lowest BCUT2D eigenvalue weighted by molar-refractivity contribution is 0.101. The van der Waals surface area contributed by atoms with Gasteiger partial charge in [0, 0.05) is 5.69 Å². The third-order valence-electron chi connectivity index (χ3n) is 2.53. The van der Waals surface area contributed by atoms with Crippen molar-refractivity contribution in [1.29, 1.82) is 0 Å². The van der Waals surface area contributed by atoms with Gasteiger partial charge in [0.25, 0.3) is 5.91 Å². The predicted octanol–water partition coefficient (Wildman–Crippen LogP) is 3.70. The maximum atomic E-state index is 13.7. The normalized spacial score (nSPS) is 10.4. The van der Waals surface area contributed by atoms with E-state index in [1.54, 1.807) is 0 Å². The van der Waals surface area contributed by atoms with Crippen LogP contribution in [0.5, 0.6) is 0 Å². The number of nitrogens with one attached hydrogen (secondary N) is 1. The van der Waals surface area contributed by atoms with Crippen molar-refractivity contribution in [2.24, 2.45) is 0 Å². The smallest absolute Gasteiger partial charge is 0.261 e. The van der Waals surface area contributed by atoms with E-state index >= 15 is 0 Å². The minimum atomic E-state index is -1.15. The van der Waals surface area contributed by atoms with E-state index in [1.165, 1.54) is 12.1 Å². The van der Waals surface area contributed by atoms with Crippen LogP contribution in [0.3, 0.4) is 0 Å². The van der Waals surface area contributed by atoms with Gasteiger partial charge >= 0.3 is 0 Å². The third-order valence-corrected chi connectivity index (χ3v) is 3.17. The van der Waals surface area contributed by atoms with Crippen LogP contribution in [0.1, 0.15) is 10.4 Å². The first-order valence-corrected chi connectivity index (χ1v) is 6.19. The van der Waals surface area contributed by atoms with Crippen LogP contribution in [0.4, 0.5) is 24.5 Å². The van der Waals surface area contributed by atoms with Crippen molar-refractivity contribution >= 4 is 33.2 Å². The van der Waals surface area contributed by atoms with Crippen LogP contribution in [-0.2, 0) is 0 Å². The number of nitrogens with two attached hydrogens (primary N) is 1. The highest BCUT2D eigenvalue weighted by atomic mass is 79.9. The topological polar surface area (TPSA) is 55.1 Å². The molecule has 0 aliphatic heterocycles. The molecule has 0 atom stereocenters. The Kier molecular flexibility index (Phi) is 3.99. The van der Waals surface area contributed by atoms with Crippen molar-refractivity contribution in [3.05, 3.63) is 57.8 Å². The first-order valence-electron chi connectivity index (χ1n) is 5.40. The Bertz CT molecular complexity index is 692. The number of nitrogen functional groups attached to an aromatic ring is 1. The van der Waals surface area contributed by atoms with E-state index in [0.29, 0.717) is 0 Å². The standard InChI is InChI=1S/C13H8BrF3N2O/c14-7-2-1-6(5-9(7)16)19-13(20)11-8(15)3-4-10(18)12(11)17/h1-5H,18H2,(H,19,20). The van der Waals surface area contributed by atoms with Gasteiger partial charge in [-0.3, -0.25) is 4.79 Å². The molecule has 7 heteroatoms. The molecule has 0 aliphatic rings. The molecule has 3 N–H and O–H groups in total. The molecule has 2 aromatic rings. The molecule has 2 aromatic carbocycles. The number of rotatable bonds is 2. The van der Waals surface area contributed by atoms with Crippen molar-refractivity contribution in [3.8, 4) is 0 Å². The van der Waals surface area contributed by atoms with E-state index in [4.69, 9.17) is 5.73 Å². The minimum Gasteiger partial charge on any atom is -0.396 e. The summed E-state index contributed by atoms with van der Waals surface area (Å²) in [6.45, 7) is 0. The summed E-state index contributed by atoms with van der Waals surface area (Å²) in [6.07, 6.45) is 0. The summed E-state index contributed by atoms with van der Waals surface area (Å²) in [6, 6.07) is 5.66. The predicted molar refractivity (Wildman–Crippen MR) is 72.8 cm³/mol. The van der Waals surface area contributed by atoms with E-state index in [1.807, 2.05) is 0 Å². The van der Waals surface area contributed by atoms with E-state index in [0.717, 1.165) is 18.2 Å². The SMILES string of the molecule is Nc1ccc(F)c(C(=O)Nc2ccc(Br)c(F)c2)c1F. The minimum absolute atomic E-state index is 0.0666. The summed E-state index contributed by atoms with van der Waals surface area (Å²) >= 11 is 2.95. The van der Waals surface area contributed by atoms with Crippen LogP contribution in [0.2, 0.25) is 0 Å². The van der Waals surface area contributed by atoms with Gasteiger partial charge in [0.2, 0.25) is 0 Å². The lowest BCUT2D eigenvalue weighted by Crippen LogP contribution is -2.17. The summed E-state index contributed by atoms with van der Waals surface area (Å²) in [4.78, 5) is 11.8. The van der Waals surface area contributed by atoms with E-state index in [-0.39, 0.29) is 15.8 Å². The van der Waals surface area contributed by atoms with Crippen LogP contribution in [0.25, 0.3) is 0 Å². The fourth-order valence-electron chi connectivity index (χ4n) is 1.54. The van der Waals surface area contributed by atoms with E-state index < -0.39 is 28.9 Å². The lowest BCUT2D eigenvalue weighted by atomic mass is 10.1. The molecular weight excluding hydrogens is 337 g/mol. The highest BCUT2D eigenvalue weighted by Crippen LogP contribution is 2.22. The molecule has 20 heavy (non-hydrogen) atoms. The molecule has 0 unspecified atom stereocenters. The van der Waals surface area contributed by atoms with Crippen molar-refractivity contribution in [2.75, 3.05) is 11.1 Å². The second-order valence-electron chi connectivity index (χ2n) is 3.91. The maximum absolute atomic E-state index is 13.7. The van der Waals surface area contributed by atoms with Gasteiger partial charge in [0.15, 0.2) is 5.82 Å². The number of carbonyl (C=O) groups is 1. The van der Waals surface area contributed by atoms with Gasteiger partial charge < -0.3 is 11.1 Å². The van der Waals surface area contributed by atoms with Gasteiger partial charge in [-0.15, -0.1) is 0 Å². The van der Waals surface area contributed by atoms with Crippen molar-refractivity contribution in [2.45, 2.75) is 0 Å². The summed E-state index contributed by atoms with van der Waals surface area (Å²) in [5.74, 6) is -3.86. The molecule has 0 aromatic heterocycles. The van der Waals surface area contributed by atoms with Crippen LogP contribution >= 0.6 is 15.9 Å². The molecule has 0 heterocycles. The molecule has 0 saturated carbocycles. The molecule has 1 amide bonds. The van der Waals surface area contributed by atoms with Crippen molar-refractivity contribution in [3.63, 3.8) is 0 Å². The second-order valence-corrected chi connectivity index (χ2v) is 4.76. The number of amides is 1. The maximum Gasteiger partial charge on any atom is 0.261 e. The number of carbonyl (C=O) groups excluding carboxylic acids is 1. The first-order chi connectivity index (χ1) is 9.40. The Morgan fingerprint density at radius 2 is 1.80 bits per heavy atom. The largest absolute Gasteiger partial charge is 0.396 e. The van der Waals surface area contributed by atoms with Crippen molar-refractivity contribution in [1.82, 2.24) is 0 Å². The molecule has 3 nitrogen and oxygen atoms in total. The summed E-state index contributed by atoms with van der Waals surface area (Å²) < 4.78 is 40.6. The average Bonchev–Trinajstić information content (AvgIpc) is 2.39. The number of benzene rings is 2. The number of anilines is 2. The van der Waals surface area contributed by atoms with E-state index in [2.05, 4.69) is 21.2 Å². The quantitative estimate of drug-likeness (QED) is 0.816. The summed E-state index contributed by atoms with van der Waals surface area (Å²) in [5.41, 5.74) is 4.18. The molecule has 0 radical (unpaired) electrons. The Hall–Kier alpha value is -2.02. The zero-order chi connectivity index (χ0) is 14.9. The molecule has 0 fully saturated rings. The van der Waals surface area contributed by atoms with Gasteiger partial charge in [0.1, 0.15) is 17.2 Å². The first kappa shape index (κ1) is 14.4. The molecular formula is C13H8BrF3N2O. The van der Waals surface area contributed by atoms with Gasteiger partial charge in [-0.05, 0) is 46.3 Å². The Morgan fingerprint density at radius 1 is 1.10 bits per heavy atom. The van der Waals surface area contributed by atoms with E-state index in [9.17, 15) is 18.0 Å². The Morgan fingerprint density at radius 3 is 2.45 bits per heavy atom. The summed E-state index contributed by atoms with van der Waals surface area (Å²) in [5, 5.41) is 2.20. The number of hydrogen-bond acceptors (Lipinski definition) is 2. The lowest BCUT2D eigenvalue weighted by Gasteiger charge is -2.09. The third kappa shape index (κ3) is 2.77. The molecule has 0 bridgehead atoms. The number of hydrogen-bond donors (Lipinski definition) is 2. The Labute approximate surface area is 120 Å². The molecule has 104 valence electrons. The van der Waals surface area contributed by atoms with Crippen LogP contribution in [0, 0.1) is 17.5 Å². The number of halogens is 4. The highest BCUT2D eigenvalue weighted by Gasteiger charge is 2.19. The fraction of sp³-hybridized carbons (Fsp3) is 0. The monoisotopic (exact) mass is 344 g/mol. The second kappa shape index (κ2) is 5.54. The molecule has 0 spiro atoms. The highest BCUT2D eigenvalue weighted by molar-refractivity contribution is 9.10. The fourth-order valence-corrected chi connectivity index (χ4v) is 1.79. The van der Waals surface area contributed by atoms with Gasteiger partial charge in [-0.2, -0.15) is 0 Å². The Balaban J connectivity index is 2.33. The van der Waals surface area contributed by atoms with Crippen LogP contribution in [-0.4, -0.2) is 5.91 Å². The van der Waals surface area contributed by atoms with Crippen LogP contribution < -0.4 is 11.1 Å². The van der Waals surface area contributed by atoms with Gasteiger partial charge in [0.05, 0.1) is 10.2 Å². The molecule has 0 aliphatic carbocycles. The zero-order valence-corrected chi connectivity index (χ0v) is 11.5. The molecule has 0 saturated heterocycles. The average molecular weight is 345 g/mol. The van der Waals surface area contributed by atoms with Crippen LogP contribution in [0.15, 0.2) is 34.8 Å². The summed E-state index contributed by atoms with van der Waals surface area (Å²) in [7, 11) is 0. The molecule has 2 rings (SSSR count). The van der Waals surface area contributed by atoms with Crippen molar-refractivity contribution < 1.29 is 18.0 Å². The van der Waals surface area contributed by atoms with Gasteiger partial charge in [-0.1, -0.05) is 0 Å². The van der Waals surface area contributed by atoms with Gasteiger partial charge in [-0.25, -0.2) is 13.2 Å².